The molecule has 4 aliphatic rings. The number of alkyl halides is 3. The molecule has 1 atom stereocenters. The van der Waals surface area contributed by atoms with Crippen LogP contribution in [0.3, 0.4) is 0 Å². The molecule has 3 fully saturated rings. The molecule has 0 bridgehead atoms. The first-order valence-electron chi connectivity index (χ1n) is 12.3. The second-order valence-corrected chi connectivity index (χ2v) is 10.4. The quantitative estimate of drug-likeness (QED) is 0.656. The van der Waals surface area contributed by atoms with Crippen LogP contribution in [0.25, 0.3) is 0 Å². The van der Waals surface area contributed by atoms with Gasteiger partial charge in [0.2, 0.25) is 11.8 Å². The Morgan fingerprint density at radius 1 is 1.11 bits per heavy atom. The SMILES string of the molecule is N#Cc1ccc(N2CCC3(CC2)CN(C(=O)C2CC=CC2)CC3C(=O)NC2CC2)cc1C(F)(F)F. The van der Waals surface area contributed by atoms with Crippen LogP contribution in [0.15, 0.2) is 30.4 Å². The molecule has 1 spiro atoms. The van der Waals surface area contributed by atoms with E-state index >= 15 is 0 Å². The molecule has 2 heterocycles. The van der Waals surface area contributed by atoms with Crippen LogP contribution < -0.4 is 10.2 Å². The minimum absolute atomic E-state index is 0.00136. The van der Waals surface area contributed by atoms with Crippen molar-refractivity contribution in [1.82, 2.24) is 10.2 Å². The number of benzene rings is 1. The maximum absolute atomic E-state index is 13.5. The molecule has 6 nitrogen and oxygen atoms in total. The fourth-order valence-electron chi connectivity index (χ4n) is 5.88. The number of amides is 2. The highest BCUT2D eigenvalue weighted by Gasteiger charge is 2.53. The molecule has 1 unspecified atom stereocenters. The van der Waals surface area contributed by atoms with Crippen LogP contribution in [0, 0.1) is 28.6 Å². The van der Waals surface area contributed by atoms with Gasteiger partial charge in [-0.1, -0.05) is 12.2 Å². The summed E-state index contributed by atoms with van der Waals surface area (Å²) in [5, 5.41) is 12.2. The lowest BCUT2D eigenvalue weighted by atomic mass is 9.70. The van der Waals surface area contributed by atoms with Crippen LogP contribution in [0.1, 0.15) is 49.7 Å². The van der Waals surface area contributed by atoms with Crippen LogP contribution in [0.2, 0.25) is 0 Å². The summed E-state index contributed by atoms with van der Waals surface area (Å²) in [6.07, 6.45) is 4.10. The Hall–Kier alpha value is -3.02. The Kier molecular flexibility index (Phi) is 6.02. The van der Waals surface area contributed by atoms with Gasteiger partial charge in [0, 0.05) is 49.2 Å². The third kappa shape index (κ3) is 4.63. The topological polar surface area (TPSA) is 76.4 Å². The zero-order valence-corrected chi connectivity index (χ0v) is 19.5. The lowest BCUT2D eigenvalue weighted by molar-refractivity contribution is -0.138. The largest absolute Gasteiger partial charge is 0.417 e. The zero-order chi connectivity index (χ0) is 24.8. The fraction of sp³-hybridized carbons (Fsp3) is 0.577. The normalized spacial score (nSPS) is 24.1. The van der Waals surface area contributed by atoms with E-state index in [0.29, 0.717) is 44.7 Å². The standard InChI is InChI=1S/C26H29F3N4O2/c27-26(28,29)21-13-20(8-5-18(21)14-30)32-11-9-25(10-12-32)16-33(24(35)17-3-1-2-4-17)15-22(25)23(34)31-19-6-7-19/h1-2,5,8,13,17,19,22H,3-4,6-7,9-12,15-16H2,(H,31,34). The number of nitrogens with zero attached hydrogens (tertiary/aromatic N) is 3. The summed E-state index contributed by atoms with van der Waals surface area (Å²) in [7, 11) is 0. The molecule has 1 aromatic carbocycles. The van der Waals surface area contributed by atoms with Crippen molar-refractivity contribution < 1.29 is 22.8 Å². The van der Waals surface area contributed by atoms with Gasteiger partial charge in [-0.2, -0.15) is 18.4 Å². The van der Waals surface area contributed by atoms with Gasteiger partial charge in [0.15, 0.2) is 0 Å². The first kappa shape index (κ1) is 23.7. The fourth-order valence-corrected chi connectivity index (χ4v) is 5.88. The van der Waals surface area contributed by atoms with Gasteiger partial charge in [-0.3, -0.25) is 9.59 Å². The number of nitriles is 1. The van der Waals surface area contributed by atoms with Gasteiger partial charge in [0.1, 0.15) is 0 Å². The highest BCUT2D eigenvalue weighted by Crippen LogP contribution is 2.47. The molecule has 35 heavy (non-hydrogen) atoms. The summed E-state index contributed by atoms with van der Waals surface area (Å²) < 4.78 is 40.4. The van der Waals surface area contributed by atoms with Gasteiger partial charge in [-0.25, -0.2) is 0 Å². The Morgan fingerprint density at radius 2 is 1.80 bits per heavy atom. The van der Waals surface area contributed by atoms with E-state index in [9.17, 15) is 22.8 Å². The maximum atomic E-state index is 13.5. The smallest absolute Gasteiger partial charge is 0.371 e. The highest BCUT2D eigenvalue weighted by molar-refractivity contribution is 5.85. The van der Waals surface area contributed by atoms with Gasteiger partial charge in [0.25, 0.3) is 0 Å². The number of halogens is 3. The lowest BCUT2D eigenvalue weighted by Crippen LogP contribution is -2.49. The number of likely N-dealkylation sites (tertiary alicyclic amines) is 1. The molecule has 2 aliphatic carbocycles. The van der Waals surface area contributed by atoms with Crippen molar-refractivity contribution in [2.45, 2.75) is 50.7 Å². The Labute approximate surface area is 202 Å². The van der Waals surface area contributed by atoms with Crippen LogP contribution in [-0.4, -0.2) is 48.9 Å². The summed E-state index contributed by atoms with van der Waals surface area (Å²) in [6, 6.07) is 5.67. The van der Waals surface area contributed by atoms with Crippen LogP contribution in [-0.2, 0) is 15.8 Å². The zero-order valence-electron chi connectivity index (χ0n) is 19.5. The average Bonchev–Trinajstić information content (AvgIpc) is 3.33. The monoisotopic (exact) mass is 486 g/mol. The third-order valence-electron chi connectivity index (χ3n) is 8.11. The second-order valence-electron chi connectivity index (χ2n) is 10.4. The van der Waals surface area contributed by atoms with Gasteiger partial charge in [-0.15, -0.1) is 0 Å². The summed E-state index contributed by atoms with van der Waals surface area (Å²) in [5.41, 5.74) is -1.27. The first-order chi connectivity index (χ1) is 16.7. The predicted octanol–water partition coefficient (Wildman–Crippen LogP) is 3.87. The van der Waals surface area contributed by atoms with Crippen LogP contribution >= 0.6 is 0 Å². The van der Waals surface area contributed by atoms with Crippen molar-refractivity contribution in [3.8, 4) is 6.07 Å². The number of carbonyl (C=O) groups is 2. The molecule has 1 N–H and O–H groups in total. The number of carbonyl (C=O) groups excluding carboxylic acids is 2. The molecule has 2 aliphatic heterocycles. The van der Waals surface area contributed by atoms with E-state index in [4.69, 9.17) is 5.26 Å². The van der Waals surface area contributed by atoms with E-state index in [1.165, 1.54) is 6.07 Å². The number of hydrogen-bond acceptors (Lipinski definition) is 4. The summed E-state index contributed by atoms with van der Waals surface area (Å²) in [6.45, 7) is 1.90. The lowest BCUT2D eigenvalue weighted by Gasteiger charge is -2.43. The number of piperidine rings is 1. The van der Waals surface area contributed by atoms with Gasteiger partial charge < -0.3 is 15.1 Å². The van der Waals surface area contributed by atoms with E-state index < -0.39 is 17.3 Å². The van der Waals surface area contributed by atoms with Crippen molar-refractivity contribution in [2.24, 2.45) is 17.3 Å². The number of rotatable bonds is 4. The van der Waals surface area contributed by atoms with Gasteiger partial charge in [0.05, 0.1) is 23.1 Å². The van der Waals surface area contributed by atoms with E-state index in [1.54, 1.807) is 12.1 Å². The Bertz CT molecular complexity index is 1070. The van der Waals surface area contributed by atoms with Crippen molar-refractivity contribution in [3.63, 3.8) is 0 Å². The Morgan fingerprint density at radius 3 is 2.40 bits per heavy atom. The van der Waals surface area contributed by atoms with E-state index in [-0.39, 0.29) is 35.1 Å². The minimum Gasteiger partial charge on any atom is -0.371 e. The van der Waals surface area contributed by atoms with Crippen molar-refractivity contribution in [1.29, 1.82) is 5.26 Å². The maximum Gasteiger partial charge on any atom is 0.417 e. The van der Waals surface area contributed by atoms with Crippen molar-refractivity contribution in [2.75, 3.05) is 31.1 Å². The molecule has 0 aromatic heterocycles. The summed E-state index contributed by atoms with van der Waals surface area (Å²) >= 11 is 0. The van der Waals surface area contributed by atoms with Crippen LogP contribution in [0.5, 0.6) is 0 Å². The number of anilines is 1. The van der Waals surface area contributed by atoms with Crippen molar-refractivity contribution >= 4 is 17.5 Å². The second kappa shape index (κ2) is 8.89. The Balaban J connectivity index is 1.34. The molecule has 1 saturated carbocycles. The van der Waals surface area contributed by atoms with Gasteiger partial charge >= 0.3 is 6.18 Å². The van der Waals surface area contributed by atoms with E-state index in [1.807, 2.05) is 22.0 Å². The molecule has 1 aromatic rings. The third-order valence-corrected chi connectivity index (χ3v) is 8.11. The van der Waals surface area contributed by atoms with E-state index in [0.717, 1.165) is 31.7 Å². The molecule has 2 amide bonds. The molecule has 9 heteroatoms. The number of allylic oxidation sites excluding steroid dienone is 2. The highest BCUT2D eigenvalue weighted by atomic mass is 19.4. The first-order valence-corrected chi connectivity index (χ1v) is 12.3. The summed E-state index contributed by atoms with van der Waals surface area (Å²) in [5.74, 6) is -0.272. The molecular formula is C26H29F3N4O2. The molecule has 2 saturated heterocycles. The minimum atomic E-state index is -4.61. The average molecular weight is 487 g/mol. The molecule has 0 radical (unpaired) electrons. The van der Waals surface area contributed by atoms with Crippen molar-refractivity contribution in [3.05, 3.63) is 41.5 Å². The molecule has 5 rings (SSSR count). The summed E-state index contributed by atoms with van der Waals surface area (Å²) in [4.78, 5) is 30.1. The van der Waals surface area contributed by atoms with Crippen LogP contribution in [0.4, 0.5) is 18.9 Å². The molecular weight excluding hydrogens is 457 g/mol. The van der Waals surface area contributed by atoms with E-state index in [2.05, 4.69) is 5.32 Å². The molecule has 186 valence electrons. The predicted molar refractivity (Wildman–Crippen MR) is 123 cm³/mol. The number of hydrogen-bond donors (Lipinski definition) is 1. The van der Waals surface area contributed by atoms with Gasteiger partial charge in [-0.05, 0) is 56.7 Å². The number of nitrogens with one attached hydrogen (secondary N) is 1.